The quantitative estimate of drug-likeness (QED) is 0.512. The van der Waals surface area contributed by atoms with Crippen molar-refractivity contribution in [3.05, 3.63) is 77.1 Å². The lowest BCUT2D eigenvalue weighted by molar-refractivity contribution is -0.137. The molecule has 34 heavy (non-hydrogen) atoms. The Balaban J connectivity index is 0.00000158. The minimum atomic E-state index is -0.852. The van der Waals surface area contributed by atoms with E-state index in [1.165, 1.54) is 5.56 Å². The number of aliphatic carboxylic acids is 1. The second kappa shape index (κ2) is 11.9. The molecule has 0 unspecified atom stereocenters. The highest BCUT2D eigenvalue weighted by Gasteiger charge is 2.26. The Morgan fingerprint density at radius 2 is 1.79 bits per heavy atom. The molecule has 1 N–H and O–H groups in total. The van der Waals surface area contributed by atoms with Crippen molar-refractivity contribution in [1.29, 1.82) is 0 Å². The molecule has 178 valence electrons. The number of ether oxygens (including phenoxy) is 1. The smallest absolute Gasteiger partial charge is 0.303 e. The average molecular weight is 462 g/mol. The first kappa shape index (κ1) is 24.9. The molecule has 0 radical (unpaired) electrons. The molecule has 0 saturated carbocycles. The molecule has 4 rings (SSSR count). The van der Waals surface area contributed by atoms with Crippen LogP contribution in [-0.2, 0) is 17.8 Å². The first-order chi connectivity index (χ1) is 16.5. The summed E-state index contributed by atoms with van der Waals surface area (Å²) in [6.45, 7) is 7.52. The van der Waals surface area contributed by atoms with Crippen LogP contribution in [-0.4, -0.2) is 44.9 Å². The Bertz CT molecular complexity index is 1110. The maximum atomic E-state index is 12.7. The highest BCUT2D eigenvalue weighted by Crippen LogP contribution is 2.23. The number of rotatable bonds is 8. The molecule has 0 fully saturated rings. The molecule has 1 amide bonds. The number of carbonyl (C=O) groups is 2. The molecular formula is C27H31N3O4. The molecule has 2 heterocycles. The summed E-state index contributed by atoms with van der Waals surface area (Å²) in [7, 11) is 0. The summed E-state index contributed by atoms with van der Waals surface area (Å²) in [4.78, 5) is 34.1. The predicted molar refractivity (Wildman–Crippen MR) is 131 cm³/mol. The van der Waals surface area contributed by atoms with Gasteiger partial charge in [-0.15, -0.1) is 0 Å². The van der Waals surface area contributed by atoms with Crippen LogP contribution in [0.2, 0.25) is 0 Å². The molecule has 0 saturated heterocycles. The summed E-state index contributed by atoms with van der Waals surface area (Å²) >= 11 is 0. The van der Waals surface area contributed by atoms with E-state index in [0.717, 1.165) is 22.6 Å². The van der Waals surface area contributed by atoms with E-state index in [1.807, 2.05) is 38.1 Å². The van der Waals surface area contributed by atoms with Gasteiger partial charge in [-0.1, -0.05) is 43.7 Å². The topological polar surface area (TPSA) is 92.6 Å². The van der Waals surface area contributed by atoms with E-state index in [1.54, 1.807) is 11.1 Å². The molecule has 2 aromatic carbocycles. The summed E-state index contributed by atoms with van der Waals surface area (Å²) < 4.78 is 5.86. The normalized spacial score (nSPS) is 12.4. The van der Waals surface area contributed by atoms with Crippen LogP contribution in [0.4, 0.5) is 0 Å². The molecule has 1 aliphatic heterocycles. The minimum absolute atomic E-state index is 0.0524. The van der Waals surface area contributed by atoms with E-state index in [2.05, 4.69) is 41.2 Å². The van der Waals surface area contributed by atoms with Crippen molar-refractivity contribution in [3.8, 4) is 17.1 Å². The highest BCUT2D eigenvalue weighted by molar-refractivity contribution is 5.96. The van der Waals surface area contributed by atoms with Gasteiger partial charge in [0, 0.05) is 37.7 Å². The molecule has 0 spiro atoms. The van der Waals surface area contributed by atoms with Gasteiger partial charge in [0.05, 0.1) is 11.3 Å². The first-order valence-corrected chi connectivity index (χ1v) is 11.7. The molecule has 0 aliphatic carbocycles. The van der Waals surface area contributed by atoms with E-state index >= 15 is 0 Å². The second-order valence-electron chi connectivity index (χ2n) is 7.89. The second-order valence-corrected chi connectivity index (χ2v) is 7.89. The van der Waals surface area contributed by atoms with Crippen molar-refractivity contribution in [2.75, 3.05) is 13.1 Å². The van der Waals surface area contributed by atoms with Gasteiger partial charge in [-0.2, -0.15) is 0 Å². The first-order valence-electron chi connectivity index (χ1n) is 11.7. The predicted octanol–water partition coefficient (Wildman–Crippen LogP) is 4.92. The molecule has 0 atom stereocenters. The Hall–Kier alpha value is -3.74. The monoisotopic (exact) mass is 461 g/mol. The minimum Gasteiger partial charge on any atom is -0.489 e. The average Bonchev–Trinajstić information content (AvgIpc) is 2.86. The highest BCUT2D eigenvalue weighted by atomic mass is 16.5. The number of carbonyl (C=O) groups excluding carboxylic acids is 1. The Labute approximate surface area is 200 Å². The lowest BCUT2D eigenvalue weighted by Crippen LogP contribution is -2.39. The third-order valence-electron chi connectivity index (χ3n) is 5.46. The molecule has 1 aliphatic rings. The number of carboxylic acid groups (broad SMARTS) is 1. The van der Waals surface area contributed by atoms with Crippen LogP contribution in [0, 0.1) is 6.92 Å². The van der Waals surface area contributed by atoms with Crippen molar-refractivity contribution in [2.24, 2.45) is 0 Å². The van der Waals surface area contributed by atoms with E-state index < -0.39 is 5.97 Å². The standard InChI is InChI=1S/C25H25N3O4.C2H6/c1-17-4-6-18(7-5-17)16-32-20-10-8-19(9-11-20)24-26-15-21-22(27-24)12-14-28(25(21)31)13-2-3-23(29)30;1-2/h4-11,15H,2-3,12-14,16H2,1H3,(H,29,30);1-2H3. The Kier molecular flexibility index (Phi) is 8.73. The molecular weight excluding hydrogens is 430 g/mol. The number of aromatic nitrogens is 2. The molecule has 7 heteroatoms. The van der Waals surface area contributed by atoms with Gasteiger partial charge in [0.25, 0.3) is 5.91 Å². The van der Waals surface area contributed by atoms with Crippen LogP contribution in [0.1, 0.15) is 53.9 Å². The van der Waals surface area contributed by atoms with E-state index in [-0.39, 0.29) is 12.3 Å². The fourth-order valence-corrected chi connectivity index (χ4v) is 3.62. The molecule has 3 aromatic rings. The maximum Gasteiger partial charge on any atom is 0.303 e. The van der Waals surface area contributed by atoms with Crippen LogP contribution in [0.3, 0.4) is 0 Å². The fraction of sp³-hybridized carbons (Fsp3) is 0.333. The number of aryl methyl sites for hydroxylation is 1. The summed E-state index contributed by atoms with van der Waals surface area (Å²) in [5, 5.41) is 8.78. The van der Waals surface area contributed by atoms with Crippen molar-refractivity contribution < 1.29 is 19.4 Å². The lowest BCUT2D eigenvalue weighted by atomic mass is 10.1. The summed E-state index contributed by atoms with van der Waals surface area (Å²) in [5.74, 6) is 0.345. The largest absolute Gasteiger partial charge is 0.489 e. The van der Waals surface area contributed by atoms with Crippen LogP contribution >= 0.6 is 0 Å². The van der Waals surface area contributed by atoms with Gasteiger partial charge in [0.15, 0.2) is 5.82 Å². The number of nitrogens with zero attached hydrogens (tertiary/aromatic N) is 3. The number of amides is 1. The summed E-state index contributed by atoms with van der Waals surface area (Å²) in [6, 6.07) is 15.8. The number of hydrogen-bond acceptors (Lipinski definition) is 5. The number of benzene rings is 2. The summed E-state index contributed by atoms with van der Waals surface area (Å²) in [5.41, 5.74) is 4.41. The van der Waals surface area contributed by atoms with Gasteiger partial charge in [0.1, 0.15) is 12.4 Å². The van der Waals surface area contributed by atoms with E-state index in [9.17, 15) is 9.59 Å². The van der Waals surface area contributed by atoms with Crippen molar-refractivity contribution in [2.45, 2.75) is 46.6 Å². The maximum absolute atomic E-state index is 12.7. The van der Waals surface area contributed by atoms with Gasteiger partial charge in [-0.05, 0) is 43.2 Å². The zero-order chi connectivity index (χ0) is 24.5. The molecule has 7 nitrogen and oxygen atoms in total. The van der Waals surface area contributed by atoms with Gasteiger partial charge in [0.2, 0.25) is 0 Å². The number of hydrogen-bond donors (Lipinski definition) is 1. The van der Waals surface area contributed by atoms with Crippen LogP contribution in [0.25, 0.3) is 11.4 Å². The van der Waals surface area contributed by atoms with Gasteiger partial charge >= 0.3 is 5.97 Å². The fourth-order valence-electron chi connectivity index (χ4n) is 3.62. The third kappa shape index (κ3) is 6.41. The third-order valence-corrected chi connectivity index (χ3v) is 5.46. The van der Waals surface area contributed by atoms with Crippen molar-refractivity contribution in [1.82, 2.24) is 14.9 Å². The van der Waals surface area contributed by atoms with Gasteiger partial charge in [-0.25, -0.2) is 9.97 Å². The van der Waals surface area contributed by atoms with E-state index in [0.29, 0.717) is 43.9 Å². The van der Waals surface area contributed by atoms with Gasteiger partial charge < -0.3 is 14.7 Å². The zero-order valence-electron chi connectivity index (χ0n) is 20.0. The van der Waals surface area contributed by atoms with Gasteiger partial charge in [-0.3, -0.25) is 9.59 Å². The van der Waals surface area contributed by atoms with Crippen molar-refractivity contribution >= 4 is 11.9 Å². The Morgan fingerprint density at radius 1 is 1.09 bits per heavy atom. The summed E-state index contributed by atoms with van der Waals surface area (Å²) in [6.07, 6.45) is 2.69. The van der Waals surface area contributed by atoms with Crippen LogP contribution in [0.15, 0.2) is 54.7 Å². The number of fused-ring (bicyclic) bond motifs is 1. The van der Waals surface area contributed by atoms with Crippen molar-refractivity contribution in [3.63, 3.8) is 0 Å². The van der Waals surface area contributed by atoms with E-state index in [4.69, 9.17) is 9.84 Å². The van der Waals surface area contributed by atoms with Crippen LogP contribution < -0.4 is 4.74 Å². The van der Waals surface area contributed by atoms with Crippen LogP contribution in [0.5, 0.6) is 5.75 Å². The molecule has 0 bridgehead atoms. The lowest BCUT2D eigenvalue weighted by Gasteiger charge is -2.27. The zero-order valence-corrected chi connectivity index (χ0v) is 20.0. The SMILES string of the molecule is CC.Cc1ccc(COc2ccc(-c3ncc4c(n3)CCN(CCCC(=O)O)C4=O)cc2)cc1. The number of carboxylic acids is 1. The Morgan fingerprint density at radius 3 is 2.47 bits per heavy atom. The molecule has 1 aromatic heterocycles.